The predicted octanol–water partition coefficient (Wildman–Crippen LogP) is 1.42. The summed E-state index contributed by atoms with van der Waals surface area (Å²) in [4.78, 5) is 17.1. The molecule has 2 heterocycles. The molecule has 1 saturated carbocycles. The number of fused-ring (bicyclic) bond motifs is 1. The molecule has 12 radical (unpaired) electrons. The van der Waals surface area contributed by atoms with E-state index in [1.807, 2.05) is 6.07 Å². The minimum atomic E-state index is -3.20. The second-order valence-corrected chi connectivity index (χ2v) is 9.19. The maximum Gasteiger partial charge on any atom is 0.387 e. The highest BCUT2D eigenvalue weighted by atomic mass is 19.3. The fraction of sp³-hybridized carbons (Fsp3) is 0.348. The van der Waals surface area contributed by atoms with Gasteiger partial charge in [-0.05, 0) is 42.7 Å². The minimum absolute atomic E-state index is 0.0183. The molecule has 0 bridgehead atoms. The molecule has 0 saturated heterocycles. The van der Waals surface area contributed by atoms with Crippen LogP contribution < -0.4 is 14.8 Å². The van der Waals surface area contributed by atoms with Gasteiger partial charge in [0.05, 0.1) is 72.1 Å². The van der Waals surface area contributed by atoms with Crippen LogP contribution >= 0.6 is 0 Å². The maximum atomic E-state index is 13.3. The van der Waals surface area contributed by atoms with Crippen LogP contribution in [0.4, 0.5) is 8.78 Å². The molecule has 1 aliphatic carbocycles. The Hall–Kier alpha value is -3.28. The lowest BCUT2D eigenvalue weighted by atomic mass is 9.19. The molecule has 1 aromatic carbocycles. The number of rotatable bonds is 9. The fourth-order valence-corrected chi connectivity index (χ4v) is 4.36. The third-order valence-electron chi connectivity index (χ3n) is 6.35. The number of benzene rings is 1. The monoisotopic (exact) mass is 500 g/mol. The number of imidazole rings is 1. The van der Waals surface area contributed by atoms with Crippen LogP contribution in [-0.4, -0.2) is 82.1 Å². The number of aromatic nitrogens is 2. The number of alkyl halides is 2. The summed E-state index contributed by atoms with van der Waals surface area (Å²) in [5.74, 6) is -0.949. The second-order valence-electron chi connectivity index (χ2n) is 9.19. The van der Waals surface area contributed by atoms with Crippen LogP contribution in [0.25, 0.3) is 16.9 Å². The zero-order valence-corrected chi connectivity index (χ0v) is 20.3. The van der Waals surface area contributed by atoms with Crippen LogP contribution in [0.2, 0.25) is 10.2 Å². The summed E-state index contributed by atoms with van der Waals surface area (Å²) in [6.45, 7) is -3.20. The van der Waals surface area contributed by atoms with Crippen LogP contribution in [0, 0.1) is 11.3 Å². The van der Waals surface area contributed by atoms with Crippen LogP contribution in [0.15, 0.2) is 36.7 Å². The third kappa shape index (κ3) is 4.81. The Kier molecular flexibility index (Phi) is 7.15. The number of pyridine rings is 1. The van der Waals surface area contributed by atoms with Gasteiger partial charge in [-0.2, -0.15) is 14.0 Å². The maximum absolute atomic E-state index is 13.3. The summed E-state index contributed by atoms with van der Waals surface area (Å²) >= 11 is 0. The average molecular weight is 499 g/mol. The summed E-state index contributed by atoms with van der Waals surface area (Å²) in [6.07, 6.45) is 4.52. The molecule has 0 atom stereocenters. The van der Waals surface area contributed by atoms with E-state index in [1.54, 1.807) is 4.40 Å². The van der Waals surface area contributed by atoms with Crippen molar-refractivity contribution in [3.8, 4) is 28.8 Å². The van der Waals surface area contributed by atoms with Crippen molar-refractivity contribution >= 4 is 58.6 Å². The first kappa shape index (κ1) is 27.7. The zero-order valence-electron chi connectivity index (χ0n) is 20.3. The smallest absolute Gasteiger partial charge is 0.387 e. The first-order chi connectivity index (χ1) is 17.7. The number of carbonyl (C=O) groups excluding carboxylic acids is 1. The Morgan fingerprint density at radius 2 is 1.79 bits per heavy atom. The molecule has 38 heavy (non-hydrogen) atoms. The largest absolute Gasteiger partial charge is 0.496 e. The van der Waals surface area contributed by atoms with Gasteiger partial charge in [-0.1, -0.05) is 0 Å². The molecule has 0 spiro atoms. The lowest BCUT2D eigenvalue weighted by Gasteiger charge is -2.51. The predicted molar refractivity (Wildman–Crippen MR) is 142 cm³/mol. The molecule has 3 aromatic rings. The Balaban J connectivity index is 1.86. The quantitative estimate of drug-likeness (QED) is 0.451. The molecule has 178 valence electrons. The van der Waals surface area contributed by atoms with Gasteiger partial charge in [0, 0.05) is 23.2 Å². The number of amides is 1. The van der Waals surface area contributed by atoms with E-state index in [2.05, 4.69) is 10.3 Å². The Morgan fingerprint density at radius 1 is 1.16 bits per heavy atom. The first-order valence-electron chi connectivity index (χ1n) is 11.3. The number of carbonyl (C=O) groups is 1. The number of hydrogen-bond donors (Lipinski definition) is 1. The standard InChI is InChI=1S/C23H16B6F2N4O3/c1-37-15-6-11(7-16(38-20(30)31)18(15)19(36)34-13-2-3-13)14-9-33-17-8-12(4-5-35(14)17)21(10-32,22(24,25)26)23(27,28)29/h4-9,13,20H,2-3H2,1H3,(H,34,36). The second kappa shape index (κ2) is 9.79. The number of methoxy groups -OCH3 is 1. The number of halogens is 2. The third-order valence-corrected chi connectivity index (χ3v) is 6.35. The zero-order chi connectivity index (χ0) is 28.0. The summed E-state index contributed by atoms with van der Waals surface area (Å²) in [5.41, 5.74) is -1.21. The highest BCUT2D eigenvalue weighted by Gasteiger charge is 2.50. The molecule has 15 heteroatoms. The summed E-state index contributed by atoms with van der Waals surface area (Å²) in [6, 6.07) is 7.45. The van der Waals surface area contributed by atoms with Gasteiger partial charge in [0.25, 0.3) is 5.91 Å². The molecule has 4 rings (SSSR count). The molecule has 1 N–H and O–H groups in total. The molecule has 0 aliphatic heterocycles. The molecule has 1 fully saturated rings. The average Bonchev–Trinajstić information content (AvgIpc) is 3.52. The van der Waals surface area contributed by atoms with E-state index in [0.29, 0.717) is 11.3 Å². The van der Waals surface area contributed by atoms with E-state index < -0.39 is 28.2 Å². The fourth-order valence-electron chi connectivity index (χ4n) is 4.36. The van der Waals surface area contributed by atoms with Crippen molar-refractivity contribution in [2.45, 2.75) is 41.1 Å². The van der Waals surface area contributed by atoms with Crippen LogP contribution in [0.3, 0.4) is 0 Å². The Morgan fingerprint density at radius 3 is 2.32 bits per heavy atom. The van der Waals surface area contributed by atoms with Gasteiger partial charge in [0.1, 0.15) is 22.7 Å². The topological polar surface area (TPSA) is 88.7 Å². The van der Waals surface area contributed by atoms with Crippen molar-refractivity contribution in [2.24, 2.45) is 0 Å². The Labute approximate surface area is 226 Å². The van der Waals surface area contributed by atoms with E-state index in [0.717, 1.165) is 12.8 Å². The van der Waals surface area contributed by atoms with Gasteiger partial charge in [0.15, 0.2) is 0 Å². The molecule has 1 amide bonds. The van der Waals surface area contributed by atoms with Crippen molar-refractivity contribution < 1.29 is 23.0 Å². The molecule has 1 aliphatic rings. The molecule has 0 unspecified atom stereocenters. The van der Waals surface area contributed by atoms with Gasteiger partial charge >= 0.3 is 6.61 Å². The van der Waals surface area contributed by atoms with Gasteiger partial charge in [-0.15, -0.1) is 10.2 Å². The molecule has 7 nitrogen and oxygen atoms in total. The van der Waals surface area contributed by atoms with Gasteiger partial charge in [-0.3, -0.25) is 9.20 Å². The summed E-state index contributed by atoms with van der Waals surface area (Å²) < 4.78 is 38.2. The van der Waals surface area contributed by atoms with Gasteiger partial charge in [-0.25, -0.2) is 4.98 Å². The highest BCUT2D eigenvalue weighted by Crippen LogP contribution is 2.52. The van der Waals surface area contributed by atoms with E-state index in [1.165, 1.54) is 43.8 Å². The van der Waals surface area contributed by atoms with Gasteiger partial charge in [0.2, 0.25) is 0 Å². The van der Waals surface area contributed by atoms with Gasteiger partial charge < -0.3 is 14.8 Å². The lowest BCUT2D eigenvalue weighted by Crippen LogP contribution is -2.51. The van der Waals surface area contributed by atoms with E-state index in [-0.39, 0.29) is 34.3 Å². The number of ether oxygens (including phenoxy) is 2. The summed E-state index contributed by atoms with van der Waals surface area (Å²) in [5, 5.41) is 8.21. The van der Waals surface area contributed by atoms with Crippen LogP contribution in [-0.2, 0) is 5.41 Å². The minimum Gasteiger partial charge on any atom is -0.496 e. The number of nitrogens with zero attached hydrogens (tertiary/aromatic N) is 3. The van der Waals surface area contributed by atoms with Crippen molar-refractivity contribution in [2.75, 3.05) is 7.11 Å². The van der Waals surface area contributed by atoms with Crippen LogP contribution in [0.1, 0.15) is 28.8 Å². The summed E-state index contributed by atoms with van der Waals surface area (Å²) in [7, 11) is 36.6. The van der Waals surface area contributed by atoms with Crippen molar-refractivity contribution in [1.82, 2.24) is 14.7 Å². The molecular formula is C23H16B6F2N4O3. The molecule has 2 aromatic heterocycles. The number of nitriles is 1. The highest BCUT2D eigenvalue weighted by molar-refractivity contribution is 6.66. The van der Waals surface area contributed by atoms with Crippen molar-refractivity contribution in [3.63, 3.8) is 0 Å². The van der Waals surface area contributed by atoms with E-state index in [4.69, 9.17) is 56.6 Å². The van der Waals surface area contributed by atoms with E-state index >= 15 is 0 Å². The Bertz CT molecular complexity index is 1410. The molecular weight excluding hydrogens is 483 g/mol. The number of nitrogens with one attached hydrogen (secondary N) is 1. The lowest BCUT2D eigenvalue weighted by molar-refractivity contribution is -0.0502. The number of hydrogen-bond acceptors (Lipinski definition) is 5. The first-order valence-corrected chi connectivity index (χ1v) is 11.3. The van der Waals surface area contributed by atoms with E-state index in [9.17, 15) is 18.8 Å². The SMILES string of the molecule is [B]C([B])([B])C(C#N)(c1ccn2c(-c3cc(OC)c(C(=O)NC4CC4)c(OC(F)F)c3)cnc2c1)C([B])([B])[B]. The normalized spacial score (nSPS) is 14.3. The van der Waals surface area contributed by atoms with Crippen LogP contribution in [0.5, 0.6) is 11.5 Å². The van der Waals surface area contributed by atoms with Crippen molar-refractivity contribution in [3.05, 3.63) is 47.8 Å². The van der Waals surface area contributed by atoms with Crippen molar-refractivity contribution in [1.29, 1.82) is 5.26 Å².